The lowest BCUT2D eigenvalue weighted by atomic mass is 10.0. The molecule has 0 N–H and O–H groups in total. The zero-order chi connectivity index (χ0) is 10.3. The largest absolute Gasteiger partial charge is 0.0791 e. The van der Waals surface area contributed by atoms with E-state index in [1.54, 1.807) is 5.56 Å². The highest BCUT2D eigenvalue weighted by molar-refractivity contribution is 6.78. The summed E-state index contributed by atoms with van der Waals surface area (Å²) in [6, 6.07) is 6.69. The molecule has 1 atom stereocenters. The van der Waals surface area contributed by atoms with Crippen LogP contribution in [0.15, 0.2) is 24.3 Å². The minimum Gasteiger partial charge on any atom is -0.0791 e. The van der Waals surface area contributed by atoms with Gasteiger partial charge >= 0.3 is 0 Å². The van der Waals surface area contributed by atoms with Crippen molar-refractivity contribution < 1.29 is 0 Å². The van der Waals surface area contributed by atoms with Crippen LogP contribution in [-0.2, 0) is 0 Å². The maximum atomic E-state index is 2.44. The van der Waals surface area contributed by atoms with Crippen molar-refractivity contribution in [2.75, 3.05) is 0 Å². The van der Waals surface area contributed by atoms with Gasteiger partial charge in [-0.1, -0.05) is 50.0 Å². The standard InChI is InChI=1S/C13H18Si/c1-10-6-5-7-12-11(10)8-9-13(12)14(2,3)4/h5-9,13H,1-4H3. The van der Waals surface area contributed by atoms with Crippen LogP contribution in [0.1, 0.15) is 22.2 Å². The summed E-state index contributed by atoms with van der Waals surface area (Å²) in [5.74, 6) is 0. The maximum absolute atomic E-state index is 2.44. The Kier molecular flexibility index (Phi) is 2.15. The van der Waals surface area contributed by atoms with E-state index in [0.29, 0.717) is 0 Å². The van der Waals surface area contributed by atoms with Gasteiger partial charge in [-0.3, -0.25) is 0 Å². The second kappa shape index (κ2) is 3.09. The van der Waals surface area contributed by atoms with Crippen molar-refractivity contribution in [1.29, 1.82) is 0 Å². The molecular weight excluding hydrogens is 184 g/mol. The Morgan fingerprint density at radius 1 is 1.14 bits per heavy atom. The Bertz CT molecular complexity index is 383. The second-order valence-electron chi connectivity index (χ2n) is 5.28. The van der Waals surface area contributed by atoms with Crippen molar-refractivity contribution in [3.8, 4) is 0 Å². The van der Waals surface area contributed by atoms with E-state index >= 15 is 0 Å². The van der Waals surface area contributed by atoms with Crippen LogP contribution in [0.5, 0.6) is 0 Å². The van der Waals surface area contributed by atoms with Gasteiger partial charge < -0.3 is 0 Å². The molecule has 74 valence electrons. The number of aryl methyl sites for hydroxylation is 1. The molecule has 0 bridgehead atoms. The monoisotopic (exact) mass is 202 g/mol. The summed E-state index contributed by atoms with van der Waals surface area (Å²) in [4.78, 5) is 0. The van der Waals surface area contributed by atoms with Gasteiger partial charge in [0, 0.05) is 0 Å². The van der Waals surface area contributed by atoms with Gasteiger partial charge in [-0.05, 0) is 29.2 Å². The third kappa shape index (κ3) is 1.46. The molecular formula is C13H18Si. The summed E-state index contributed by atoms with van der Waals surface area (Å²) in [7, 11) is -1.09. The highest BCUT2D eigenvalue weighted by atomic mass is 28.3. The SMILES string of the molecule is Cc1cccc2c1C=CC2[Si](C)(C)C. The number of hydrogen-bond donors (Lipinski definition) is 0. The molecule has 1 aromatic carbocycles. The average Bonchev–Trinajstić information content (AvgIpc) is 2.47. The quantitative estimate of drug-likeness (QED) is 0.604. The molecule has 2 rings (SSSR count). The van der Waals surface area contributed by atoms with E-state index in [4.69, 9.17) is 0 Å². The van der Waals surface area contributed by atoms with E-state index in [2.05, 4.69) is 56.9 Å². The van der Waals surface area contributed by atoms with E-state index in [-0.39, 0.29) is 0 Å². The van der Waals surface area contributed by atoms with Gasteiger partial charge in [-0.2, -0.15) is 0 Å². The van der Waals surface area contributed by atoms with Gasteiger partial charge in [0.1, 0.15) is 0 Å². The Hall–Kier alpha value is -0.823. The first-order valence-electron chi connectivity index (χ1n) is 5.28. The lowest BCUT2D eigenvalue weighted by molar-refractivity contribution is 1.15. The van der Waals surface area contributed by atoms with E-state index in [1.165, 1.54) is 11.1 Å². The summed E-state index contributed by atoms with van der Waals surface area (Å²) < 4.78 is 0. The molecule has 1 heteroatoms. The number of allylic oxidation sites excluding steroid dienone is 1. The van der Waals surface area contributed by atoms with E-state index < -0.39 is 8.07 Å². The molecule has 0 spiro atoms. The van der Waals surface area contributed by atoms with E-state index in [0.717, 1.165) is 5.54 Å². The fourth-order valence-electron chi connectivity index (χ4n) is 2.25. The molecule has 0 radical (unpaired) electrons. The van der Waals surface area contributed by atoms with Gasteiger partial charge in [0.05, 0.1) is 8.07 Å². The van der Waals surface area contributed by atoms with Crippen LogP contribution >= 0.6 is 0 Å². The molecule has 0 nitrogen and oxygen atoms in total. The first-order valence-corrected chi connectivity index (χ1v) is 8.85. The van der Waals surface area contributed by atoms with Crippen LogP contribution < -0.4 is 0 Å². The van der Waals surface area contributed by atoms with Crippen molar-refractivity contribution in [3.05, 3.63) is 41.0 Å². The predicted molar refractivity (Wildman–Crippen MR) is 66.3 cm³/mol. The third-order valence-electron chi connectivity index (χ3n) is 3.08. The number of fused-ring (bicyclic) bond motifs is 1. The number of hydrogen-bond acceptors (Lipinski definition) is 0. The first kappa shape index (κ1) is 9.72. The van der Waals surface area contributed by atoms with E-state index in [1.807, 2.05) is 0 Å². The average molecular weight is 202 g/mol. The van der Waals surface area contributed by atoms with Crippen LogP contribution in [0.3, 0.4) is 0 Å². The van der Waals surface area contributed by atoms with Gasteiger partial charge in [-0.25, -0.2) is 0 Å². The minimum atomic E-state index is -1.09. The zero-order valence-corrected chi connectivity index (χ0v) is 10.5. The fourth-order valence-corrected chi connectivity index (χ4v) is 4.11. The maximum Gasteiger partial charge on any atom is 0.0566 e. The van der Waals surface area contributed by atoms with Gasteiger partial charge in [0.2, 0.25) is 0 Å². The van der Waals surface area contributed by atoms with Crippen LogP contribution in [0.2, 0.25) is 19.6 Å². The molecule has 0 aliphatic heterocycles. The Morgan fingerprint density at radius 3 is 2.50 bits per heavy atom. The summed E-state index contributed by atoms with van der Waals surface area (Å²) in [5.41, 5.74) is 5.17. The molecule has 0 saturated carbocycles. The summed E-state index contributed by atoms with van der Waals surface area (Å²) in [5, 5.41) is 0. The van der Waals surface area contributed by atoms with Gasteiger partial charge in [0.25, 0.3) is 0 Å². The summed E-state index contributed by atoms with van der Waals surface area (Å²) in [6.45, 7) is 9.54. The molecule has 0 heterocycles. The Morgan fingerprint density at radius 2 is 1.86 bits per heavy atom. The Balaban J connectivity index is 2.51. The van der Waals surface area contributed by atoms with Gasteiger partial charge in [-0.15, -0.1) is 0 Å². The van der Waals surface area contributed by atoms with Crippen molar-refractivity contribution in [2.45, 2.75) is 32.1 Å². The zero-order valence-electron chi connectivity index (χ0n) is 9.46. The van der Waals surface area contributed by atoms with Crippen molar-refractivity contribution in [1.82, 2.24) is 0 Å². The smallest absolute Gasteiger partial charge is 0.0566 e. The molecule has 0 aromatic heterocycles. The molecule has 0 amide bonds. The fraction of sp³-hybridized carbons (Fsp3) is 0.385. The molecule has 1 aliphatic carbocycles. The van der Waals surface area contributed by atoms with Gasteiger partial charge in [0.15, 0.2) is 0 Å². The third-order valence-corrected chi connectivity index (χ3v) is 5.45. The molecule has 1 aliphatic rings. The topological polar surface area (TPSA) is 0 Å². The molecule has 14 heavy (non-hydrogen) atoms. The highest BCUT2D eigenvalue weighted by Gasteiger charge is 2.30. The second-order valence-corrected chi connectivity index (χ2v) is 10.6. The van der Waals surface area contributed by atoms with Crippen molar-refractivity contribution >= 4 is 14.1 Å². The molecule has 1 unspecified atom stereocenters. The summed E-state index contributed by atoms with van der Waals surface area (Å²) in [6.07, 6.45) is 4.72. The summed E-state index contributed by atoms with van der Waals surface area (Å²) >= 11 is 0. The van der Waals surface area contributed by atoms with Crippen molar-refractivity contribution in [2.24, 2.45) is 0 Å². The minimum absolute atomic E-state index is 0.720. The van der Waals surface area contributed by atoms with Crippen LogP contribution in [0, 0.1) is 6.92 Å². The predicted octanol–water partition coefficient (Wildman–Crippen LogP) is 3.98. The van der Waals surface area contributed by atoms with Crippen molar-refractivity contribution in [3.63, 3.8) is 0 Å². The van der Waals surface area contributed by atoms with Crippen LogP contribution in [0.25, 0.3) is 6.08 Å². The lowest BCUT2D eigenvalue weighted by Gasteiger charge is -2.24. The molecule has 1 aromatic rings. The number of rotatable bonds is 1. The van der Waals surface area contributed by atoms with Crippen LogP contribution in [0.4, 0.5) is 0 Å². The first-order chi connectivity index (χ1) is 6.50. The lowest BCUT2D eigenvalue weighted by Crippen LogP contribution is -2.28. The van der Waals surface area contributed by atoms with E-state index in [9.17, 15) is 0 Å². The normalized spacial score (nSPS) is 19.9. The highest BCUT2D eigenvalue weighted by Crippen LogP contribution is 2.37. The molecule has 0 saturated heterocycles. The number of benzene rings is 1. The Labute approximate surface area is 87.7 Å². The van der Waals surface area contributed by atoms with Crippen LogP contribution in [-0.4, -0.2) is 8.07 Å². The molecule has 0 fully saturated rings.